The quantitative estimate of drug-likeness (QED) is 0.800. The van der Waals surface area contributed by atoms with Crippen LogP contribution >= 0.6 is 22.6 Å². The minimum atomic E-state index is 0.0727. The molecule has 0 aromatic carbocycles. The van der Waals surface area contributed by atoms with Gasteiger partial charge >= 0.3 is 0 Å². The summed E-state index contributed by atoms with van der Waals surface area (Å²) in [7, 11) is 0. The molecule has 1 aromatic rings. The molecule has 0 fully saturated rings. The first-order chi connectivity index (χ1) is 6.65. The number of aromatic nitrogens is 2. The van der Waals surface area contributed by atoms with Crippen LogP contribution in [0, 0.1) is 9.49 Å². The summed E-state index contributed by atoms with van der Waals surface area (Å²) in [4.78, 5) is 15.6. The summed E-state index contributed by atoms with van der Waals surface area (Å²) >= 11 is 2.02. The molecule has 0 aliphatic rings. The highest BCUT2D eigenvalue weighted by atomic mass is 127. The van der Waals surface area contributed by atoms with E-state index in [1.165, 1.54) is 0 Å². The van der Waals surface area contributed by atoms with E-state index in [2.05, 4.69) is 18.8 Å². The third-order valence-electron chi connectivity index (χ3n) is 2.15. The molecule has 0 aliphatic carbocycles. The monoisotopic (exact) mass is 306 g/mol. The lowest BCUT2D eigenvalue weighted by atomic mass is 10.1. The first kappa shape index (κ1) is 11.7. The summed E-state index contributed by atoms with van der Waals surface area (Å²) in [6, 6.07) is 0. The average molecular weight is 306 g/mol. The Hall–Kier alpha value is -0.390. The number of hydrogen-bond donors (Lipinski definition) is 0. The molecule has 1 aromatic heterocycles. The van der Waals surface area contributed by atoms with Crippen molar-refractivity contribution < 1.29 is 0 Å². The van der Waals surface area contributed by atoms with E-state index in [4.69, 9.17) is 0 Å². The Kier molecular flexibility index (Phi) is 4.57. The molecule has 0 aliphatic heterocycles. The Morgan fingerprint density at radius 3 is 3.00 bits per heavy atom. The molecular weight excluding hydrogens is 291 g/mol. The molecule has 1 unspecified atom stereocenters. The summed E-state index contributed by atoms with van der Waals surface area (Å²) in [6.07, 6.45) is 5.53. The van der Waals surface area contributed by atoms with Crippen molar-refractivity contribution >= 4 is 22.6 Å². The standard InChI is InChI=1S/C10H15IN2O/c1-3-4-8(2)6-13-7-12-5-9(11)10(13)14/h5,7-8H,3-4,6H2,1-2H3. The number of nitrogens with zero attached hydrogens (tertiary/aromatic N) is 2. The van der Waals surface area contributed by atoms with Crippen LogP contribution in [0.25, 0.3) is 0 Å². The van der Waals surface area contributed by atoms with Gasteiger partial charge in [0.15, 0.2) is 0 Å². The second kappa shape index (κ2) is 5.48. The predicted molar refractivity (Wildman–Crippen MR) is 65.3 cm³/mol. The average Bonchev–Trinajstić information content (AvgIpc) is 2.13. The van der Waals surface area contributed by atoms with Gasteiger partial charge in [-0.25, -0.2) is 4.98 Å². The fourth-order valence-corrected chi connectivity index (χ4v) is 1.94. The Bertz CT molecular complexity index is 348. The zero-order chi connectivity index (χ0) is 10.6. The maximum Gasteiger partial charge on any atom is 0.266 e. The van der Waals surface area contributed by atoms with Gasteiger partial charge in [-0.15, -0.1) is 0 Å². The Morgan fingerprint density at radius 1 is 1.64 bits per heavy atom. The lowest BCUT2D eigenvalue weighted by Crippen LogP contribution is -2.25. The van der Waals surface area contributed by atoms with Crippen molar-refractivity contribution in [2.75, 3.05) is 0 Å². The molecule has 78 valence electrons. The van der Waals surface area contributed by atoms with E-state index in [9.17, 15) is 4.79 Å². The van der Waals surface area contributed by atoms with E-state index < -0.39 is 0 Å². The van der Waals surface area contributed by atoms with Crippen LogP contribution in [0.5, 0.6) is 0 Å². The van der Waals surface area contributed by atoms with Crippen LogP contribution in [0.1, 0.15) is 26.7 Å². The fourth-order valence-electron chi connectivity index (χ4n) is 1.47. The SMILES string of the molecule is CCCC(C)Cn1cncc(I)c1=O. The van der Waals surface area contributed by atoms with Crippen LogP contribution in [0.3, 0.4) is 0 Å². The normalized spacial score (nSPS) is 12.8. The third kappa shape index (κ3) is 3.08. The summed E-state index contributed by atoms with van der Waals surface area (Å²) in [5.74, 6) is 0.540. The highest BCUT2D eigenvalue weighted by Gasteiger charge is 2.05. The summed E-state index contributed by atoms with van der Waals surface area (Å²) < 4.78 is 2.39. The van der Waals surface area contributed by atoms with E-state index in [0.29, 0.717) is 9.49 Å². The molecule has 0 N–H and O–H groups in total. The molecule has 0 amide bonds. The summed E-state index contributed by atoms with van der Waals surface area (Å²) in [6.45, 7) is 5.10. The highest BCUT2D eigenvalue weighted by molar-refractivity contribution is 14.1. The predicted octanol–water partition coefficient (Wildman–Crippen LogP) is 2.28. The van der Waals surface area contributed by atoms with E-state index in [1.54, 1.807) is 17.1 Å². The molecule has 0 saturated carbocycles. The van der Waals surface area contributed by atoms with Crippen molar-refractivity contribution in [2.24, 2.45) is 5.92 Å². The van der Waals surface area contributed by atoms with Gasteiger partial charge in [-0.3, -0.25) is 9.36 Å². The lowest BCUT2D eigenvalue weighted by Gasteiger charge is -2.11. The second-order valence-electron chi connectivity index (χ2n) is 3.59. The van der Waals surface area contributed by atoms with Gasteiger partial charge in [-0.2, -0.15) is 0 Å². The minimum absolute atomic E-state index is 0.0727. The highest BCUT2D eigenvalue weighted by Crippen LogP contribution is 2.06. The number of rotatable bonds is 4. The van der Waals surface area contributed by atoms with Gasteiger partial charge in [-0.05, 0) is 34.9 Å². The lowest BCUT2D eigenvalue weighted by molar-refractivity contribution is 0.434. The molecule has 0 spiro atoms. The Balaban J connectivity index is 2.77. The maximum atomic E-state index is 11.6. The fraction of sp³-hybridized carbons (Fsp3) is 0.600. The zero-order valence-corrected chi connectivity index (χ0v) is 10.7. The molecule has 1 heterocycles. The second-order valence-corrected chi connectivity index (χ2v) is 4.76. The van der Waals surface area contributed by atoms with Gasteiger partial charge in [-0.1, -0.05) is 20.3 Å². The Labute approximate surface area is 97.7 Å². The van der Waals surface area contributed by atoms with E-state index in [-0.39, 0.29) is 5.56 Å². The molecule has 0 saturated heterocycles. The summed E-state index contributed by atoms with van der Waals surface area (Å²) in [5, 5.41) is 0. The maximum absolute atomic E-state index is 11.6. The minimum Gasteiger partial charge on any atom is -0.298 e. The van der Waals surface area contributed by atoms with Gasteiger partial charge in [0.1, 0.15) is 0 Å². The van der Waals surface area contributed by atoms with Gasteiger partial charge in [0.25, 0.3) is 5.56 Å². The zero-order valence-electron chi connectivity index (χ0n) is 8.53. The molecule has 0 bridgehead atoms. The van der Waals surface area contributed by atoms with Crippen molar-refractivity contribution in [3.8, 4) is 0 Å². The van der Waals surface area contributed by atoms with Crippen molar-refractivity contribution in [3.63, 3.8) is 0 Å². The molecule has 14 heavy (non-hydrogen) atoms. The molecule has 4 heteroatoms. The Morgan fingerprint density at radius 2 is 2.36 bits per heavy atom. The molecule has 0 radical (unpaired) electrons. The van der Waals surface area contributed by atoms with Crippen LogP contribution in [-0.4, -0.2) is 9.55 Å². The van der Waals surface area contributed by atoms with Crippen LogP contribution < -0.4 is 5.56 Å². The smallest absolute Gasteiger partial charge is 0.266 e. The molecular formula is C10H15IN2O. The number of halogens is 1. The third-order valence-corrected chi connectivity index (χ3v) is 2.89. The largest absolute Gasteiger partial charge is 0.298 e. The van der Waals surface area contributed by atoms with Crippen molar-refractivity contribution in [1.82, 2.24) is 9.55 Å². The van der Waals surface area contributed by atoms with Gasteiger partial charge in [0, 0.05) is 12.7 Å². The van der Waals surface area contributed by atoms with Crippen LogP contribution in [0.2, 0.25) is 0 Å². The van der Waals surface area contributed by atoms with Crippen molar-refractivity contribution in [3.05, 3.63) is 26.4 Å². The van der Waals surface area contributed by atoms with Crippen molar-refractivity contribution in [1.29, 1.82) is 0 Å². The van der Waals surface area contributed by atoms with Gasteiger partial charge in [0.05, 0.1) is 9.90 Å². The van der Waals surface area contributed by atoms with Gasteiger partial charge in [0.2, 0.25) is 0 Å². The van der Waals surface area contributed by atoms with Crippen LogP contribution in [-0.2, 0) is 6.54 Å². The van der Waals surface area contributed by atoms with Crippen molar-refractivity contribution in [2.45, 2.75) is 33.2 Å². The van der Waals surface area contributed by atoms with E-state index in [0.717, 1.165) is 19.4 Å². The summed E-state index contributed by atoms with van der Waals surface area (Å²) in [5.41, 5.74) is 0.0727. The van der Waals surface area contributed by atoms with E-state index >= 15 is 0 Å². The molecule has 1 rings (SSSR count). The van der Waals surface area contributed by atoms with Crippen LogP contribution in [0.4, 0.5) is 0 Å². The van der Waals surface area contributed by atoms with E-state index in [1.807, 2.05) is 22.6 Å². The van der Waals surface area contributed by atoms with Crippen LogP contribution in [0.15, 0.2) is 17.3 Å². The first-order valence-electron chi connectivity index (χ1n) is 4.85. The molecule has 1 atom stereocenters. The van der Waals surface area contributed by atoms with Gasteiger partial charge < -0.3 is 0 Å². The number of hydrogen-bond acceptors (Lipinski definition) is 2. The first-order valence-corrected chi connectivity index (χ1v) is 5.93. The topological polar surface area (TPSA) is 34.9 Å². The molecule has 3 nitrogen and oxygen atoms in total.